The molecule has 17 heteroatoms. The van der Waals surface area contributed by atoms with Crippen molar-refractivity contribution < 1.29 is 37.5 Å². The van der Waals surface area contributed by atoms with Crippen molar-refractivity contribution in [1.82, 2.24) is 29.1 Å². The summed E-state index contributed by atoms with van der Waals surface area (Å²) in [6, 6.07) is 3.47. The lowest BCUT2D eigenvalue weighted by atomic mass is 10.1. The van der Waals surface area contributed by atoms with Crippen LogP contribution in [0.3, 0.4) is 0 Å². The summed E-state index contributed by atoms with van der Waals surface area (Å²) in [5.74, 6) is -1.61. The van der Waals surface area contributed by atoms with E-state index >= 15 is 0 Å². The van der Waals surface area contributed by atoms with Crippen molar-refractivity contribution in [2.24, 2.45) is 0 Å². The molecule has 0 bridgehead atoms. The second-order valence-electron chi connectivity index (χ2n) is 8.58. The van der Waals surface area contributed by atoms with E-state index in [1.807, 2.05) is 0 Å². The van der Waals surface area contributed by atoms with Gasteiger partial charge in [-0.2, -0.15) is 8.42 Å². The fourth-order valence-electron chi connectivity index (χ4n) is 3.88. The van der Waals surface area contributed by atoms with Gasteiger partial charge in [0.25, 0.3) is 5.91 Å². The molecule has 1 aromatic carbocycles. The number of nitrogen functional groups attached to an aromatic ring is 1. The lowest BCUT2D eigenvalue weighted by molar-refractivity contribution is -0.0468. The van der Waals surface area contributed by atoms with E-state index in [0.717, 1.165) is 12.1 Å². The first-order chi connectivity index (χ1) is 18.9. The number of carbonyl (C=O) groups excluding carboxylic acids is 1. The third kappa shape index (κ3) is 7.34. The van der Waals surface area contributed by atoms with E-state index < -0.39 is 53.1 Å². The zero-order valence-electron chi connectivity index (χ0n) is 22.0. The maximum Gasteiger partial charge on any atom is 0.362 e. The van der Waals surface area contributed by atoms with Crippen LogP contribution in [0.1, 0.15) is 37.4 Å². The minimum atomic E-state index is -4.67. The van der Waals surface area contributed by atoms with E-state index in [1.54, 1.807) is 4.72 Å². The molecule has 3 heterocycles. The summed E-state index contributed by atoms with van der Waals surface area (Å²) in [5, 5.41) is 30.6. The number of amides is 1. The molecule has 6 N–H and O–H groups in total. The van der Waals surface area contributed by atoms with Crippen LogP contribution in [-0.2, 0) is 19.2 Å². The Bertz CT molecular complexity index is 1410. The molecule has 0 aliphatic carbocycles. The highest BCUT2D eigenvalue weighted by atomic mass is 35.5. The number of phenolic OH excluding ortho intramolecular Hbond substituents is 1. The maximum absolute atomic E-state index is 12.2. The minimum absolute atomic E-state index is 0.0974. The smallest absolute Gasteiger partial charge is 0.362 e. The largest absolute Gasteiger partial charge is 0.507 e. The molecule has 0 spiro atoms. The average molecular weight is 602 g/mol. The number of imidazole rings is 1. The van der Waals surface area contributed by atoms with Crippen LogP contribution < -0.4 is 10.5 Å². The van der Waals surface area contributed by atoms with Gasteiger partial charge in [0.05, 0.1) is 18.5 Å². The number of benzene rings is 1. The highest BCUT2D eigenvalue weighted by Gasteiger charge is 2.45. The van der Waals surface area contributed by atoms with Gasteiger partial charge in [0.15, 0.2) is 17.7 Å². The van der Waals surface area contributed by atoms with E-state index in [-0.39, 0.29) is 27.6 Å². The first kappa shape index (κ1) is 31.4. The van der Waals surface area contributed by atoms with Crippen LogP contribution in [-0.4, -0.2) is 98.6 Å². The molecule has 220 valence electrons. The van der Waals surface area contributed by atoms with Crippen LogP contribution >= 0.6 is 11.6 Å². The van der Waals surface area contributed by atoms with Gasteiger partial charge in [0, 0.05) is 5.02 Å². The number of ether oxygens (including phenoxy) is 1. The molecular formula is C23H32ClN7O8S. The number of aromatic hydroxyl groups is 1. The first-order valence-corrected chi connectivity index (χ1v) is 14.1. The fourth-order valence-corrected chi connectivity index (χ4v) is 4.75. The number of anilines is 1. The van der Waals surface area contributed by atoms with Gasteiger partial charge in [0.1, 0.15) is 35.9 Å². The Kier molecular flexibility index (Phi) is 10.6. The molecule has 1 aliphatic heterocycles. The average Bonchev–Trinajstić information content (AvgIpc) is 3.45. The van der Waals surface area contributed by atoms with Crippen molar-refractivity contribution in [3.05, 3.63) is 41.4 Å². The molecule has 2 aromatic heterocycles. The minimum Gasteiger partial charge on any atom is -0.507 e. The summed E-state index contributed by atoms with van der Waals surface area (Å²) in [6.07, 6.45) is -3.06. The number of aromatic nitrogens is 4. The SMILES string of the molecule is CCN(CC)CC.Nc1ncnc2c1ncn2[C@@H]1O[C@H](COS(=O)(=O)NC(=O)c2ccc(Cl)cc2O)[C@@H](O)[C@H]1O. The van der Waals surface area contributed by atoms with Gasteiger partial charge in [-0.15, -0.1) is 0 Å². The number of aliphatic hydroxyl groups is 2. The highest BCUT2D eigenvalue weighted by Crippen LogP contribution is 2.32. The van der Waals surface area contributed by atoms with E-state index in [1.165, 1.54) is 42.9 Å². The standard InChI is InChI=1S/C17H17ClN6O8S.C6H15N/c18-7-1-2-8(9(25)3-7)16(28)23-33(29,30)31-4-10-12(26)13(27)17(32-10)24-6-22-11-14(19)20-5-21-15(11)24;1-4-7(5-2)6-3/h1-3,5-6,10,12-13,17,25-27H,4H2,(H,23,28)(H2,19,20,21);4-6H2,1-3H3/t10-,12-,13-,17-;/m1./s1. The highest BCUT2D eigenvalue weighted by molar-refractivity contribution is 7.85. The molecule has 0 radical (unpaired) electrons. The second-order valence-corrected chi connectivity index (χ2v) is 10.4. The molecule has 4 rings (SSSR count). The summed E-state index contributed by atoms with van der Waals surface area (Å²) in [4.78, 5) is 26.4. The molecule has 1 aliphatic rings. The van der Waals surface area contributed by atoms with Crippen LogP contribution in [0.4, 0.5) is 5.82 Å². The predicted molar refractivity (Wildman–Crippen MR) is 145 cm³/mol. The molecule has 15 nitrogen and oxygen atoms in total. The number of halogens is 1. The molecule has 4 atom stereocenters. The lowest BCUT2D eigenvalue weighted by Crippen LogP contribution is -2.37. The number of nitrogens with two attached hydrogens (primary N) is 1. The Morgan fingerprint density at radius 2 is 1.85 bits per heavy atom. The number of phenols is 1. The number of hydrogen-bond acceptors (Lipinski definition) is 13. The number of nitrogens with one attached hydrogen (secondary N) is 1. The van der Waals surface area contributed by atoms with Crippen molar-refractivity contribution in [1.29, 1.82) is 0 Å². The fraction of sp³-hybridized carbons (Fsp3) is 0.478. The van der Waals surface area contributed by atoms with Crippen molar-refractivity contribution in [3.8, 4) is 5.75 Å². The van der Waals surface area contributed by atoms with Gasteiger partial charge in [-0.05, 0) is 37.8 Å². The van der Waals surface area contributed by atoms with E-state index in [0.29, 0.717) is 0 Å². The van der Waals surface area contributed by atoms with Crippen LogP contribution in [0.2, 0.25) is 5.02 Å². The second kappa shape index (κ2) is 13.5. The summed E-state index contributed by atoms with van der Waals surface area (Å²) < 4.78 is 37.5. The van der Waals surface area contributed by atoms with E-state index in [4.69, 9.17) is 26.3 Å². The number of hydrogen-bond donors (Lipinski definition) is 5. The Labute approximate surface area is 235 Å². The molecule has 1 saturated heterocycles. The molecular weight excluding hydrogens is 570 g/mol. The summed E-state index contributed by atoms with van der Waals surface area (Å²) in [6.45, 7) is 9.38. The zero-order chi connectivity index (χ0) is 29.6. The molecule has 1 fully saturated rings. The van der Waals surface area contributed by atoms with Gasteiger partial charge in [0.2, 0.25) is 0 Å². The topological polar surface area (TPSA) is 215 Å². The van der Waals surface area contributed by atoms with Crippen LogP contribution in [0.5, 0.6) is 5.75 Å². The van der Waals surface area contributed by atoms with E-state index in [9.17, 15) is 28.5 Å². The number of rotatable bonds is 9. The molecule has 0 unspecified atom stereocenters. The molecule has 0 saturated carbocycles. The number of carbonyl (C=O) groups is 1. The van der Waals surface area contributed by atoms with Crippen molar-refractivity contribution in [2.75, 3.05) is 32.0 Å². The molecule has 1 amide bonds. The third-order valence-corrected chi connectivity index (χ3v) is 7.27. The van der Waals surface area contributed by atoms with Gasteiger partial charge in [-0.1, -0.05) is 32.4 Å². The molecule has 3 aromatic rings. The Morgan fingerprint density at radius 1 is 1.18 bits per heavy atom. The monoisotopic (exact) mass is 601 g/mol. The van der Waals surface area contributed by atoms with Crippen LogP contribution in [0.25, 0.3) is 11.2 Å². The summed E-state index contributed by atoms with van der Waals surface area (Å²) >= 11 is 5.68. The molecule has 40 heavy (non-hydrogen) atoms. The van der Waals surface area contributed by atoms with Crippen LogP contribution in [0.15, 0.2) is 30.9 Å². The Hall–Kier alpha value is -3.12. The van der Waals surface area contributed by atoms with E-state index in [2.05, 4.69) is 40.6 Å². The number of fused-ring (bicyclic) bond motifs is 1. The first-order valence-electron chi connectivity index (χ1n) is 12.3. The summed E-state index contributed by atoms with van der Waals surface area (Å²) in [5.41, 5.74) is 5.85. The Morgan fingerprint density at radius 3 is 2.45 bits per heavy atom. The normalized spacial score (nSPS) is 20.9. The van der Waals surface area contributed by atoms with Crippen LogP contribution in [0, 0.1) is 0 Å². The van der Waals surface area contributed by atoms with Gasteiger partial charge in [-0.25, -0.2) is 19.7 Å². The third-order valence-electron chi connectivity index (χ3n) is 6.15. The van der Waals surface area contributed by atoms with Crippen molar-refractivity contribution in [3.63, 3.8) is 0 Å². The van der Waals surface area contributed by atoms with Crippen molar-refractivity contribution in [2.45, 2.75) is 45.3 Å². The number of aliphatic hydroxyl groups excluding tert-OH is 2. The quantitative estimate of drug-likeness (QED) is 0.225. The maximum atomic E-state index is 12.2. The van der Waals surface area contributed by atoms with Gasteiger partial charge < -0.3 is 30.7 Å². The van der Waals surface area contributed by atoms with Gasteiger partial charge >= 0.3 is 10.3 Å². The van der Waals surface area contributed by atoms with Gasteiger partial charge in [-0.3, -0.25) is 13.5 Å². The summed E-state index contributed by atoms with van der Waals surface area (Å²) in [7, 11) is -4.67. The zero-order valence-corrected chi connectivity index (χ0v) is 23.6. The van der Waals surface area contributed by atoms with Crippen molar-refractivity contribution >= 4 is 44.8 Å². The Balaban J connectivity index is 0.000000559. The lowest BCUT2D eigenvalue weighted by Gasteiger charge is -2.16. The number of nitrogens with zero attached hydrogens (tertiary/aromatic N) is 5. The predicted octanol–water partition coefficient (Wildman–Crippen LogP) is 0.426.